The molecule has 1 aromatic rings. The molecule has 1 atom stereocenters. The smallest absolute Gasteiger partial charge is 0.315 e. The van der Waals surface area contributed by atoms with Crippen LogP contribution < -0.4 is 0 Å². The van der Waals surface area contributed by atoms with Crippen molar-refractivity contribution in [1.82, 2.24) is 9.88 Å². The molecule has 0 aromatic carbocycles. The van der Waals surface area contributed by atoms with Crippen molar-refractivity contribution in [3.05, 3.63) is 24.0 Å². The fourth-order valence-electron chi connectivity index (χ4n) is 1.48. The fourth-order valence-corrected chi connectivity index (χ4v) is 1.48. The monoisotopic (exact) mass is 210 g/mol. The van der Waals surface area contributed by atoms with E-state index in [1.807, 2.05) is 31.1 Å². The summed E-state index contributed by atoms with van der Waals surface area (Å²) in [6.45, 7) is 2.51. The Labute approximate surface area is 89.9 Å². The molecule has 0 saturated heterocycles. The second kappa shape index (κ2) is 4.49. The third-order valence-electron chi connectivity index (χ3n) is 2.72. The van der Waals surface area contributed by atoms with E-state index < -0.39 is 11.4 Å². The Morgan fingerprint density at radius 2 is 2.27 bits per heavy atom. The van der Waals surface area contributed by atoms with Crippen LogP contribution >= 0.6 is 0 Å². The van der Waals surface area contributed by atoms with Gasteiger partial charge in [0.25, 0.3) is 0 Å². The molecule has 0 spiro atoms. The fraction of sp³-hybridized carbons (Fsp3) is 0.545. The van der Waals surface area contributed by atoms with Crippen LogP contribution in [0.5, 0.6) is 0 Å². The van der Waals surface area contributed by atoms with Crippen molar-refractivity contribution in [3.63, 3.8) is 0 Å². The largest absolute Gasteiger partial charge is 0.481 e. The average Bonchev–Trinajstić information content (AvgIpc) is 2.66. The predicted octanol–water partition coefficient (Wildman–Crippen LogP) is 1.31. The standard InChI is InChI=1S/C11H18N2O2/c1-11(10(14)15,6-8-13(2)3)9-5-4-7-12-9/h4-5,7,12H,6,8H2,1-3H3,(H,14,15). The molecule has 1 heterocycles. The van der Waals surface area contributed by atoms with Gasteiger partial charge in [-0.1, -0.05) is 0 Å². The lowest BCUT2D eigenvalue weighted by atomic mass is 9.83. The van der Waals surface area contributed by atoms with Crippen molar-refractivity contribution in [2.45, 2.75) is 18.8 Å². The van der Waals surface area contributed by atoms with Crippen LogP contribution in [0.4, 0.5) is 0 Å². The van der Waals surface area contributed by atoms with Crippen LogP contribution in [0.2, 0.25) is 0 Å². The average molecular weight is 210 g/mol. The lowest BCUT2D eigenvalue weighted by Gasteiger charge is -2.25. The lowest BCUT2D eigenvalue weighted by Crippen LogP contribution is -2.36. The van der Waals surface area contributed by atoms with Gasteiger partial charge in [-0.25, -0.2) is 0 Å². The number of nitrogens with one attached hydrogen (secondary N) is 1. The van der Waals surface area contributed by atoms with E-state index in [9.17, 15) is 9.90 Å². The highest BCUT2D eigenvalue weighted by Gasteiger charge is 2.35. The van der Waals surface area contributed by atoms with E-state index in [0.717, 1.165) is 12.2 Å². The second-order valence-corrected chi connectivity index (χ2v) is 4.27. The third kappa shape index (κ3) is 2.59. The molecule has 2 N–H and O–H groups in total. The molecule has 15 heavy (non-hydrogen) atoms. The highest BCUT2D eigenvalue weighted by atomic mass is 16.4. The zero-order chi connectivity index (χ0) is 11.5. The number of rotatable bonds is 5. The maximum absolute atomic E-state index is 11.3. The summed E-state index contributed by atoms with van der Waals surface area (Å²) >= 11 is 0. The van der Waals surface area contributed by atoms with Crippen molar-refractivity contribution in [1.29, 1.82) is 0 Å². The lowest BCUT2D eigenvalue weighted by molar-refractivity contribution is -0.143. The highest BCUT2D eigenvalue weighted by Crippen LogP contribution is 2.26. The molecule has 0 fully saturated rings. The minimum absolute atomic E-state index is 0.593. The first-order chi connectivity index (χ1) is 6.97. The summed E-state index contributed by atoms with van der Waals surface area (Å²) < 4.78 is 0. The zero-order valence-corrected chi connectivity index (χ0v) is 9.45. The molecular weight excluding hydrogens is 192 g/mol. The Morgan fingerprint density at radius 1 is 1.60 bits per heavy atom. The molecule has 0 saturated carbocycles. The van der Waals surface area contributed by atoms with Gasteiger partial charge in [-0.05, 0) is 46.1 Å². The number of aliphatic carboxylic acids is 1. The molecule has 0 aliphatic rings. The Hall–Kier alpha value is -1.29. The van der Waals surface area contributed by atoms with Gasteiger partial charge in [-0.2, -0.15) is 0 Å². The van der Waals surface area contributed by atoms with Crippen LogP contribution in [0, 0.1) is 0 Å². The molecule has 0 amide bonds. The van der Waals surface area contributed by atoms with Crippen LogP contribution in [-0.4, -0.2) is 41.6 Å². The van der Waals surface area contributed by atoms with Crippen LogP contribution in [0.15, 0.2) is 18.3 Å². The summed E-state index contributed by atoms with van der Waals surface area (Å²) in [5, 5.41) is 9.28. The van der Waals surface area contributed by atoms with Gasteiger partial charge in [-0.15, -0.1) is 0 Å². The van der Waals surface area contributed by atoms with Gasteiger partial charge in [0.05, 0.1) is 0 Å². The first-order valence-corrected chi connectivity index (χ1v) is 4.99. The van der Waals surface area contributed by atoms with E-state index in [1.165, 1.54) is 0 Å². The number of aromatic nitrogens is 1. The first kappa shape index (κ1) is 11.8. The molecule has 84 valence electrons. The van der Waals surface area contributed by atoms with Crippen LogP contribution in [0.1, 0.15) is 19.0 Å². The molecule has 1 rings (SSSR count). The van der Waals surface area contributed by atoms with E-state index in [-0.39, 0.29) is 0 Å². The maximum atomic E-state index is 11.3. The van der Waals surface area contributed by atoms with Crippen molar-refractivity contribution < 1.29 is 9.90 Å². The van der Waals surface area contributed by atoms with Crippen molar-refractivity contribution in [3.8, 4) is 0 Å². The van der Waals surface area contributed by atoms with E-state index >= 15 is 0 Å². The van der Waals surface area contributed by atoms with Gasteiger partial charge in [0, 0.05) is 11.9 Å². The van der Waals surface area contributed by atoms with Crippen molar-refractivity contribution in [2.75, 3.05) is 20.6 Å². The van der Waals surface area contributed by atoms with Crippen molar-refractivity contribution >= 4 is 5.97 Å². The van der Waals surface area contributed by atoms with Gasteiger partial charge < -0.3 is 15.0 Å². The topological polar surface area (TPSA) is 56.3 Å². The Kier molecular flexibility index (Phi) is 3.52. The van der Waals surface area contributed by atoms with E-state index in [2.05, 4.69) is 4.98 Å². The Morgan fingerprint density at radius 3 is 2.67 bits per heavy atom. The number of nitrogens with zero attached hydrogens (tertiary/aromatic N) is 1. The first-order valence-electron chi connectivity index (χ1n) is 4.99. The van der Waals surface area contributed by atoms with E-state index in [4.69, 9.17) is 0 Å². The molecule has 4 nitrogen and oxygen atoms in total. The number of hydrogen-bond acceptors (Lipinski definition) is 2. The predicted molar refractivity (Wildman–Crippen MR) is 59.0 cm³/mol. The van der Waals surface area contributed by atoms with E-state index in [1.54, 1.807) is 13.1 Å². The van der Waals surface area contributed by atoms with Crippen LogP contribution in [0.25, 0.3) is 0 Å². The molecule has 0 radical (unpaired) electrons. The van der Waals surface area contributed by atoms with Crippen LogP contribution in [0.3, 0.4) is 0 Å². The molecular formula is C11H18N2O2. The summed E-state index contributed by atoms with van der Waals surface area (Å²) in [6, 6.07) is 3.65. The Bertz CT molecular complexity index is 319. The number of H-pyrrole nitrogens is 1. The van der Waals surface area contributed by atoms with Gasteiger partial charge in [0.15, 0.2) is 0 Å². The highest BCUT2D eigenvalue weighted by molar-refractivity contribution is 5.80. The summed E-state index contributed by atoms with van der Waals surface area (Å²) in [5.41, 5.74) is -0.0647. The van der Waals surface area contributed by atoms with Crippen LogP contribution in [-0.2, 0) is 10.2 Å². The van der Waals surface area contributed by atoms with E-state index in [0.29, 0.717) is 6.42 Å². The number of hydrogen-bond donors (Lipinski definition) is 2. The van der Waals surface area contributed by atoms with Crippen molar-refractivity contribution in [2.24, 2.45) is 0 Å². The summed E-state index contributed by atoms with van der Waals surface area (Å²) in [6.07, 6.45) is 2.35. The quantitative estimate of drug-likeness (QED) is 0.770. The minimum atomic E-state index is -0.826. The van der Waals surface area contributed by atoms with Gasteiger partial charge in [0.2, 0.25) is 0 Å². The molecule has 1 aromatic heterocycles. The summed E-state index contributed by atoms with van der Waals surface area (Å²) in [5.74, 6) is -0.785. The maximum Gasteiger partial charge on any atom is 0.315 e. The Balaban J connectivity index is 2.85. The summed E-state index contributed by atoms with van der Waals surface area (Å²) in [4.78, 5) is 16.3. The SMILES string of the molecule is CN(C)CCC(C)(C(=O)O)c1ccc[nH]1. The van der Waals surface area contributed by atoms with Gasteiger partial charge in [-0.3, -0.25) is 4.79 Å². The van der Waals surface area contributed by atoms with Gasteiger partial charge in [0.1, 0.15) is 5.41 Å². The van der Waals surface area contributed by atoms with Gasteiger partial charge >= 0.3 is 5.97 Å². The number of carbonyl (C=O) groups is 1. The number of carboxylic acids is 1. The second-order valence-electron chi connectivity index (χ2n) is 4.27. The summed E-state index contributed by atoms with van der Waals surface area (Å²) in [7, 11) is 3.88. The zero-order valence-electron chi connectivity index (χ0n) is 9.45. The molecule has 0 aliphatic heterocycles. The third-order valence-corrected chi connectivity index (χ3v) is 2.72. The molecule has 0 aliphatic carbocycles. The number of carboxylic acid groups (broad SMARTS) is 1. The minimum Gasteiger partial charge on any atom is -0.481 e. The normalized spacial score (nSPS) is 15.2. The number of aromatic amines is 1. The molecule has 0 bridgehead atoms. The molecule has 4 heteroatoms. The molecule has 1 unspecified atom stereocenters.